The average molecular weight is 261 g/mol. The first-order chi connectivity index (χ1) is 9.15. The number of aromatic nitrogens is 2. The van der Waals surface area contributed by atoms with Gasteiger partial charge in [-0.1, -0.05) is 6.07 Å². The van der Waals surface area contributed by atoms with E-state index in [0.717, 1.165) is 0 Å². The molecule has 2 aromatic rings. The second-order valence-electron chi connectivity index (χ2n) is 4.64. The van der Waals surface area contributed by atoms with Gasteiger partial charge in [-0.2, -0.15) is 0 Å². The molecule has 1 aliphatic heterocycles. The lowest BCUT2D eigenvalue weighted by atomic mass is 10.2. The van der Waals surface area contributed by atoms with Gasteiger partial charge in [0.2, 0.25) is 5.91 Å². The number of fused-ring (bicyclic) bond motifs is 1. The van der Waals surface area contributed by atoms with Gasteiger partial charge in [0.25, 0.3) is 5.56 Å². The fourth-order valence-corrected chi connectivity index (χ4v) is 2.34. The topological polar surface area (TPSA) is 64.0 Å². The molecule has 0 unspecified atom stereocenters. The van der Waals surface area contributed by atoms with E-state index in [1.165, 1.54) is 23.0 Å². The minimum absolute atomic E-state index is 0.00200. The van der Waals surface area contributed by atoms with Crippen molar-refractivity contribution in [1.29, 1.82) is 0 Å². The summed E-state index contributed by atoms with van der Waals surface area (Å²) < 4.78 is 14.9. The largest absolute Gasteiger partial charge is 0.352 e. The summed E-state index contributed by atoms with van der Waals surface area (Å²) >= 11 is 0. The number of carbonyl (C=O) groups excluding carboxylic acids is 1. The Kier molecular flexibility index (Phi) is 2.77. The number of nitrogens with one attached hydrogen (secondary N) is 1. The number of hydrogen-bond acceptors (Lipinski definition) is 3. The van der Waals surface area contributed by atoms with Gasteiger partial charge in [-0.25, -0.2) is 9.37 Å². The lowest BCUT2D eigenvalue weighted by Crippen LogP contribution is -2.34. The molecule has 6 heteroatoms. The smallest absolute Gasteiger partial charge is 0.261 e. The van der Waals surface area contributed by atoms with E-state index in [9.17, 15) is 14.0 Å². The van der Waals surface area contributed by atoms with E-state index < -0.39 is 5.82 Å². The second kappa shape index (κ2) is 4.46. The van der Waals surface area contributed by atoms with Gasteiger partial charge >= 0.3 is 0 Å². The predicted octanol–water partition coefficient (Wildman–Crippen LogP) is 0.814. The van der Waals surface area contributed by atoms with Crippen molar-refractivity contribution in [3.05, 3.63) is 40.7 Å². The maximum absolute atomic E-state index is 13.5. The van der Waals surface area contributed by atoms with Gasteiger partial charge in [-0.3, -0.25) is 14.2 Å². The molecule has 1 amide bonds. The molecule has 1 aliphatic rings. The zero-order valence-electron chi connectivity index (χ0n) is 10.1. The summed E-state index contributed by atoms with van der Waals surface area (Å²) in [5.41, 5.74) is -0.204. The Morgan fingerprint density at radius 2 is 2.26 bits per heavy atom. The van der Waals surface area contributed by atoms with Crippen LogP contribution in [0, 0.1) is 5.82 Å². The van der Waals surface area contributed by atoms with Crippen LogP contribution in [0.5, 0.6) is 0 Å². The van der Waals surface area contributed by atoms with E-state index in [-0.39, 0.29) is 28.4 Å². The van der Waals surface area contributed by atoms with E-state index in [2.05, 4.69) is 10.3 Å². The van der Waals surface area contributed by atoms with Crippen LogP contribution in [-0.4, -0.2) is 21.5 Å². The number of halogens is 1. The van der Waals surface area contributed by atoms with Gasteiger partial charge < -0.3 is 5.32 Å². The molecule has 1 atom stereocenters. The van der Waals surface area contributed by atoms with Crippen LogP contribution >= 0.6 is 0 Å². The Balaban J connectivity index is 1.99. The first-order valence-corrected chi connectivity index (χ1v) is 6.08. The van der Waals surface area contributed by atoms with Crippen LogP contribution in [-0.2, 0) is 11.3 Å². The molecule has 0 radical (unpaired) electrons. The van der Waals surface area contributed by atoms with Crippen LogP contribution < -0.4 is 10.9 Å². The van der Waals surface area contributed by atoms with Crippen molar-refractivity contribution in [1.82, 2.24) is 14.9 Å². The summed E-state index contributed by atoms with van der Waals surface area (Å²) in [5.74, 6) is -0.506. The van der Waals surface area contributed by atoms with Crippen LogP contribution in [0.25, 0.3) is 10.9 Å². The minimum Gasteiger partial charge on any atom is -0.352 e. The lowest BCUT2D eigenvalue weighted by Gasteiger charge is -2.12. The van der Waals surface area contributed by atoms with E-state index >= 15 is 0 Å². The van der Waals surface area contributed by atoms with Crippen LogP contribution in [0.15, 0.2) is 29.3 Å². The Morgan fingerprint density at radius 3 is 3.00 bits per heavy atom. The van der Waals surface area contributed by atoms with Crippen molar-refractivity contribution < 1.29 is 9.18 Å². The van der Waals surface area contributed by atoms with E-state index in [4.69, 9.17) is 0 Å². The third kappa shape index (κ3) is 2.09. The third-order valence-electron chi connectivity index (χ3n) is 3.31. The molecule has 19 heavy (non-hydrogen) atoms. The molecule has 0 bridgehead atoms. The van der Waals surface area contributed by atoms with Gasteiger partial charge in [-0.15, -0.1) is 0 Å². The first-order valence-electron chi connectivity index (χ1n) is 6.08. The zero-order valence-corrected chi connectivity index (χ0v) is 10.1. The number of hydrogen-bond donors (Lipinski definition) is 1. The molecule has 0 aliphatic carbocycles. The highest BCUT2D eigenvalue weighted by Crippen LogP contribution is 2.12. The van der Waals surface area contributed by atoms with Crippen molar-refractivity contribution in [2.75, 3.05) is 0 Å². The average Bonchev–Trinajstić information content (AvgIpc) is 2.79. The number of carbonyl (C=O) groups is 1. The second-order valence-corrected chi connectivity index (χ2v) is 4.64. The summed E-state index contributed by atoms with van der Waals surface area (Å²) in [4.78, 5) is 27.3. The van der Waals surface area contributed by atoms with Crippen LogP contribution in [0.2, 0.25) is 0 Å². The van der Waals surface area contributed by atoms with Crippen LogP contribution in [0.1, 0.15) is 12.8 Å². The number of rotatable bonds is 2. The van der Waals surface area contributed by atoms with E-state index in [0.29, 0.717) is 19.4 Å². The van der Waals surface area contributed by atoms with Gasteiger partial charge in [0.1, 0.15) is 11.3 Å². The standard InChI is InChI=1S/C13H12FN3O2/c14-10-3-1-2-9-12(10)15-7-17(13(9)19)6-8-4-5-11(18)16-8/h1-3,7-8H,4-6H2,(H,16,18)/t8-/m1/s1. The molecule has 0 saturated carbocycles. The maximum Gasteiger partial charge on any atom is 0.261 e. The fourth-order valence-electron chi connectivity index (χ4n) is 2.34. The molecule has 1 N–H and O–H groups in total. The first kappa shape index (κ1) is 11.8. The summed E-state index contributed by atoms with van der Waals surface area (Å²) in [5, 5.41) is 3.04. The van der Waals surface area contributed by atoms with Crippen molar-refractivity contribution in [2.45, 2.75) is 25.4 Å². The summed E-state index contributed by atoms with van der Waals surface area (Å²) in [6, 6.07) is 4.26. The van der Waals surface area contributed by atoms with Crippen molar-refractivity contribution >= 4 is 16.8 Å². The summed E-state index contributed by atoms with van der Waals surface area (Å²) in [7, 11) is 0. The van der Waals surface area contributed by atoms with Gasteiger partial charge in [0.15, 0.2) is 0 Å². The highest BCUT2D eigenvalue weighted by atomic mass is 19.1. The SMILES string of the molecule is O=C1CC[C@H](Cn2cnc3c(F)cccc3c2=O)N1. The third-order valence-corrected chi connectivity index (χ3v) is 3.31. The monoisotopic (exact) mass is 261 g/mol. The molecule has 1 aromatic carbocycles. The van der Waals surface area contributed by atoms with E-state index in [1.54, 1.807) is 6.07 Å². The molecule has 0 spiro atoms. The Morgan fingerprint density at radius 1 is 1.42 bits per heavy atom. The molecule has 1 saturated heterocycles. The Labute approximate surface area is 108 Å². The predicted molar refractivity (Wildman–Crippen MR) is 67.1 cm³/mol. The molecule has 1 aromatic heterocycles. The van der Waals surface area contributed by atoms with Crippen LogP contribution in [0.3, 0.4) is 0 Å². The molecular formula is C13H12FN3O2. The summed E-state index contributed by atoms with van der Waals surface area (Å²) in [6.07, 6.45) is 2.51. The Bertz CT molecular complexity index is 711. The molecule has 5 nitrogen and oxygen atoms in total. The molecule has 98 valence electrons. The fraction of sp³-hybridized carbons (Fsp3) is 0.308. The van der Waals surface area contributed by atoms with E-state index in [1.807, 2.05) is 0 Å². The van der Waals surface area contributed by atoms with Gasteiger partial charge in [-0.05, 0) is 18.6 Å². The number of amides is 1. The quantitative estimate of drug-likeness (QED) is 0.870. The molecular weight excluding hydrogens is 249 g/mol. The van der Waals surface area contributed by atoms with Crippen molar-refractivity contribution in [3.63, 3.8) is 0 Å². The molecule has 2 heterocycles. The normalized spacial score (nSPS) is 18.8. The summed E-state index contributed by atoms with van der Waals surface area (Å²) in [6.45, 7) is 0.365. The Hall–Kier alpha value is -2.24. The highest BCUT2D eigenvalue weighted by molar-refractivity contribution is 5.78. The zero-order chi connectivity index (χ0) is 13.4. The van der Waals surface area contributed by atoms with Crippen molar-refractivity contribution in [2.24, 2.45) is 0 Å². The maximum atomic E-state index is 13.5. The van der Waals surface area contributed by atoms with Crippen molar-refractivity contribution in [3.8, 4) is 0 Å². The number of benzene rings is 1. The van der Waals surface area contributed by atoms with Gasteiger partial charge in [0, 0.05) is 19.0 Å². The molecule has 3 rings (SSSR count). The lowest BCUT2D eigenvalue weighted by molar-refractivity contribution is -0.119. The van der Waals surface area contributed by atoms with Gasteiger partial charge in [0.05, 0.1) is 11.7 Å². The molecule has 1 fully saturated rings. The van der Waals surface area contributed by atoms with Crippen LogP contribution in [0.4, 0.5) is 4.39 Å². The highest BCUT2D eigenvalue weighted by Gasteiger charge is 2.21. The number of nitrogens with zero attached hydrogens (tertiary/aromatic N) is 2. The minimum atomic E-state index is -0.504. The number of para-hydroxylation sites is 1.